The number of carbonyl (C=O) groups excluding carboxylic acids is 1. The fraction of sp³-hybridized carbons (Fsp3) is 0.696. The number of benzene rings is 1. The van der Waals surface area contributed by atoms with E-state index in [2.05, 4.69) is 18.2 Å². The lowest BCUT2D eigenvalue weighted by atomic mass is 9.64. The maximum atomic E-state index is 12.4. The Balaban J connectivity index is 1.19. The molecule has 4 aliphatic rings. The van der Waals surface area contributed by atoms with Gasteiger partial charge in [0.05, 0.1) is 13.2 Å². The van der Waals surface area contributed by atoms with Crippen molar-refractivity contribution in [1.29, 1.82) is 0 Å². The Morgan fingerprint density at radius 3 is 2.15 bits per heavy atom. The van der Waals surface area contributed by atoms with Gasteiger partial charge in [-0.25, -0.2) is 0 Å². The highest BCUT2D eigenvalue weighted by Gasteiger charge is 2.49. The minimum absolute atomic E-state index is 0.0892. The van der Waals surface area contributed by atoms with Crippen LogP contribution in [0.25, 0.3) is 0 Å². The van der Waals surface area contributed by atoms with E-state index in [1.165, 1.54) is 49.7 Å². The standard InChI is InChI=1S/C23H31NO3/c1-27-21-11-17(15-2-3-15)8-18(12-21)16-4-6-23(7-5-16)13-24(14-23)22(26)19-9-20(25)10-19/h8,11-12,15-16,19-20,25H,2-7,9-10,13-14H2,1H3/t19-,20+. The van der Waals surface area contributed by atoms with Gasteiger partial charge in [-0.05, 0) is 86.5 Å². The van der Waals surface area contributed by atoms with Gasteiger partial charge < -0.3 is 14.7 Å². The van der Waals surface area contributed by atoms with E-state index >= 15 is 0 Å². The van der Waals surface area contributed by atoms with Gasteiger partial charge in [-0.1, -0.05) is 6.07 Å². The van der Waals surface area contributed by atoms with Gasteiger partial charge in [-0.15, -0.1) is 0 Å². The van der Waals surface area contributed by atoms with Gasteiger partial charge in [0.2, 0.25) is 5.91 Å². The molecule has 4 nitrogen and oxygen atoms in total. The fourth-order valence-corrected chi connectivity index (χ4v) is 5.50. The Bertz CT molecular complexity index is 719. The third-order valence-corrected chi connectivity index (χ3v) is 7.58. The SMILES string of the molecule is COc1cc(C2CC2)cc(C2CCC3(CC2)CN(C(=O)[C@H]2C[C@@H](O)C2)C3)c1. The van der Waals surface area contributed by atoms with Crippen LogP contribution in [0.1, 0.15) is 74.3 Å². The highest BCUT2D eigenvalue weighted by molar-refractivity contribution is 5.80. The number of carbonyl (C=O) groups is 1. The predicted molar refractivity (Wildman–Crippen MR) is 104 cm³/mol. The number of hydrogen-bond acceptors (Lipinski definition) is 3. The topological polar surface area (TPSA) is 49.8 Å². The summed E-state index contributed by atoms with van der Waals surface area (Å²) in [5, 5.41) is 9.43. The van der Waals surface area contributed by atoms with Crippen LogP contribution in [0.2, 0.25) is 0 Å². The molecule has 1 N–H and O–H groups in total. The number of likely N-dealkylation sites (tertiary alicyclic amines) is 1. The van der Waals surface area contributed by atoms with Crippen molar-refractivity contribution in [2.24, 2.45) is 11.3 Å². The Kier molecular flexibility index (Phi) is 4.23. The van der Waals surface area contributed by atoms with Gasteiger partial charge in [0.1, 0.15) is 5.75 Å². The molecular formula is C23H31NO3. The Labute approximate surface area is 161 Å². The molecule has 3 saturated carbocycles. The van der Waals surface area contributed by atoms with Gasteiger partial charge in [0, 0.05) is 24.4 Å². The first-order valence-corrected chi connectivity index (χ1v) is 10.7. The van der Waals surface area contributed by atoms with Crippen LogP contribution in [0.4, 0.5) is 0 Å². The molecule has 0 atom stereocenters. The second-order valence-corrected chi connectivity index (χ2v) is 9.60. The summed E-state index contributed by atoms with van der Waals surface area (Å²) in [6, 6.07) is 6.90. The van der Waals surface area contributed by atoms with Crippen molar-refractivity contribution in [3.63, 3.8) is 0 Å². The number of methoxy groups -OCH3 is 1. The molecule has 0 bridgehead atoms. The molecule has 1 amide bonds. The van der Waals surface area contributed by atoms with Crippen LogP contribution in [-0.2, 0) is 4.79 Å². The van der Waals surface area contributed by atoms with E-state index in [0.717, 1.165) is 24.8 Å². The molecule has 146 valence electrons. The molecule has 0 radical (unpaired) electrons. The largest absolute Gasteiger partial charge is 0.497 e. The zero-order chi connectivity index (χ0) is 18.6. The summed E-state index contributed by atoms with van der Waals surface area (Å²) in [7, 11) is 1.77. The van der Waals surface area contributed by atoms with E-state index in [4.69, 9.17) is 4.74 Å². The molecule has 4 fully saturated rings. The molecule has 1 aromatic carbocycles. The van der Waals surface area contributed by atoms with Crippen molar-refractivity contribution in [1.82, 2.24) is 4.90 Å². The van der Waals surface area contributed by atoms with E-state index in [9.17, 15) is 9.90 Å². The highest BCUT2D eigenvalue weighted by atomic mass is 16.5. The van der Waals surface area contributed by atoms with Crippen LogP contribution in [0, 0.1) is 11.3 Å². The molecule has 1 heterocycles. The second kappa shape index (κ2) is 6.51. The summed E-state index contributed by atoms with van der Waals surface area (Å²) in [4.78, 5) is 14.5. The zero-order valence-electron chi connectivity index (χ0n) is 16.3. The molecule has 27 heavy (non-hydrogen) atoms. The summed E-state index contributed by atoms with van der Waals surface area (Å²) >= 11 is 0. The Morgan fingerprint density at radius 1 is 1.04 bits per heavy atom. The predicted octanol–water partition coefficient (Wildman–Crippen LogP) is 3.83. The van der Waals surface area contributed by atoms with Crippen LogP contribution >= 0.6 is 0 Å². The lowest BCUT2D eigenvalue weighted by Gasteiger charge is -2.55. The highest BCUT2D eigenvalue weighted by Crippen LogP contribution is 2.50. The van der Waals surface area contributed by atoms with E-state index < -0.39 is 0 Å². The van der Waals surface area contributed by atoms with E-state index in [-0.39, 0.29) is 17.9 Å². The third-order valence-electron chi connectivity index (χ3n) is 7.58. The molecule has 1 aliphatic heterocycles. The number of ether oxygens (including phenoxy) is 1. The van der Waals surface area contributed by atoms with Crippen LogP contribution in [0.3, 0.4) is 0 Å². The minimum Gasteiger partial charge on any atom is -0.497 e. The van der Waals surface area contributed by atoms with Crippen molar-refractivity contribution in [2.75, 3.05) is 20.2 Å². The minimum atomic E-state index is -0.243. The van der Waals surface area contributed by atoms with Crippen molar-refractivity contribution in [3.8, 4) is 5.75 Å². The third kappa shape index (κ3) is 3.26. The van der Waals surface area contributed by atoms with Crippen molar-refractivity contribution in [3.05, 3.63) is 29.3 Å². The fourth-order valence-electron chi connectivity index (χ4n) is 5.50. The molecule has 0 aromatic heterocycles. The Hall–Kier alpha value is -1.55. The van der Waals surface area contributed by atoms with E-state index in [1.54, 1.807) is 7.11 Å². The Morgan fingerprint density at radius 2 is 1.63 bits per heavy atom. The molecule has 1 spiro atoms. The average Bonchev–Trinajstić information content (AvgIpc) is 3.48. The first-order valence-electron chi connectivity index (χ1n) is 10.7. The number of aliphatic hydroxyl groups excluding tert-OH is 1. The molecule has 3 aliphatic carbocycles. The van der Waals surface area contributed by atoms with Gasteiger partial charge in [-0.3, -0.25) is 4.79 Å². The summed E-state index contributed by atoms with van der Waals surface area (Å²) < 4.78 is 5.56. The first-order chi connectivity index (χ1) is 13.0. The second-order valence-electron chi connectivity index (χ2n) is 9.60. The van der Waals surface area contributed by atoms with Crippen LogP contribution in [-0.4, -0.2) is 42.2 Å². The van der Waals surface area contributed by atoms with Crippen molar-refractivity contribution >= 4 is 5.91 Å². The summed E-state index contributed by atoms with van der Waals surface area (Å²) in [6.45, 7) is 1.88. The van der Waals surface area contributed by atoms with Gasteiger partial charge in [0.25, 0.3) is 0 Å². The zero-order valence-corrected chi connectivity index (χ0v) is 16.3. The van der Waals surface area contributed by atoms with E-state index in [1.807, 2.05) is 4.90 Å². The number of amides is 1. The lowest BCUT2D eigenvalue weighted by Crippen LogP contribution is -2.61. The quantitative estimate of drug-likeness (QED) is 0.877. The van der Waals surface area contributed by atoms with Crippen molar-refractivity contribution in [2.45, 2.75) is 69.3 Å². The number of aliphatic hydroxyl groups is 1. The molecule has 1 saturated heterocycles. The van der Waals surface area contributed by atoms with Gasteiger partial charge in [-0.2, -0.15) is 0 Å². The number of hydrogen-bond donors (Lipinski definition) is 1. The maximum absolute atomic E-state index is 12.4. The molecule has 0 unspecified atom stereocenters. The summed E-state index contributed by atoms with van der Waals surface area (Å²) in [5.74, 6) is 2.78. The number of rotatable bonds is 4. The molecule has 4 heteroatoms. The monoisotopic (exact) mass is 369 g/mol. The van der Waals surface area contributed by atoms with Gasteiger partial charge >= 0.3 is 0 Å². The first kappa shape index (κ1) is 17.5. The van der Waals surface area contributed by atoms with Crippen molar-refractivity contribution < 1.29 is 14.6 Å². The maximum Gasteiger partial charge on any atom is 0.225 e. The summed E-state index contributed by atoms with van der Waals surface area (Å²) in [6.07, 6.45) is 8.64. The smallest absolute Gasteiger partial charge is 0.225 e. The van der Waals surface area contributed by atoms with Gasteiger partial charge in [0.15, 0.2) is 0 Å². The van der Waals surface area contributed by atoms with Crippen LogP contribution in [0.15, 0.2) is 18.2 Å². The lowest BCUT2D eigenvalue weighted by molar-refractivity contribution is -0.157. The van der Waals surface area contributed by atoms with E-state index in [0.29, 0.717) is 24.2 Å². The van der Waals surface area contributed by atoms with Crippen LogP contribution in [0.5, 0.6) is 5.75 Å². The number of nitrogens with zero attached hydrogens (tertiary/aromatic N) is 1. The molecular weight excluding hydrogens is 338 g/mol. The molecule has 1 aromatic rings. The molecule has 5 rings (SSSR count). The normalized spacial score (nSPS) is 29.9. The summed E-state index contributed by atoms with van der Waals surface area (Å²) in [5.41, 5.74) is 3.29. The average molecular weight is 370 g/mol. The van der Waals surface area contributed by atoms with Crippen LogP contribution < -0.4 is 4.74 Å².